The molecule has 9 heteroatoms. The summed E-state index contributed by atoms with van der Waals surface area (Å²) < 4.78 is 37.8. The van der Waals surface area contributed by atoms with Crippen LogP contribution in [0.4, 0.5) is 0 Å². The van der Waals surface area contributed by atoms with Crippen molar-refractivity contribution in [3.63, 3.8) is 0 Å². The first-order valence-electron chi connectivity index (χ1n) is 8.67. The summed E-state index contributed by atoms with van der Waals surface area (Å²) in [5, 5.41) is 4.60. The van der Waals surface area contributed by atoms with E-state index in [4.69, 9.17) is 0 Å². The van der Waals surface area contributed by atoms with Gasteiger partial charge in [0.15, 0.2) is 0 Å². The third-order valence-corrected chi connectivity index (χ3v) is 7.14. The predicted molar refractivity (Wildman–Crippen MR) is 109 cm³/mol. The van der Waals surface area contributed by atoms with Gasteiger partial charge in [-0.2, -0.15) is 18.2 Å². The first-order chi connectivity index (χ1) is 13.4. The SMILES string of the molecule is Cc1nn(-c2ccccc2)c(C)c1CN(C)S(=O)(=O)c1cccc2nsnc12. The Balaban J connectivity index is 1.70. The molecule has 0 unspecified atom stereocenters. The summed E-state index contributed by atoms with van der Waals surface area (Å²) >= 11 is 1.01. The van der Waals surface area contributed by atoms with E-state index >= 15 is 0 Å². The van der Waals surface area contributed by atoms with Crippen LogP contribution in [-0.2, 0) is 16.6 Å². The standard InChI is InChI=1S/C19H19N5O2S2/c1-13-16(14(2)24(20-13)15-8-5-4-6-9-15)12-23(3)28(25,26)18-11-7-10-17-19(18)22-27-21-17/h4-11H,12H2,1-3H3. The second kappa shape index (κ2) is 7.08. The van der Waals surface area contributed by atoms with E-state index in [-0.39, 0.29) is 11.4 Å². The van der Waals surface area contributed by atoms with E-state index in [1.165, 1.54) is 4.31 Å². The van der Waals surface area contributed by atoms with Gasteiger partial charge in [0.05, 0.1) is 23.1 Å². The number of sulfonamides is 1. The summed E-state index contributed by atoms with van der Waals surface area (Å²) in [5.74, 6) is 0. The van der Waals surface area contributed by atoms with Crippen LogP contribution in [0.3, 0.4) is 0 Å². The van der Waals surface area contributed by atoms with Gasteiger partial charge in [0, 0.05) is 24.8 Å². The molecular formula is C19H19N5O2S2. The van der Waals surface area contributed by atoms with Crippen molar-refractivity contribution in [1.82, 2.24) is 22.8 Å². The molecule has 2 aromatic carbocycles. The fourth-order valence-corrected chi connectivity index (χ4v) is 5.08. The second-order valence-corrected chi connectivity index (χ2v) is 9.09. The molecule has 0 fully saturated rings. The van der Waals surface area contributed by atoms with Gasteiger partial charge in [-0.25, -0.2) is 13.1 Å². The Hall–Kier alpha value is -2.62. The molecule has 0 radical (unpaired) electrons. The van der Waals surface area contributed by atoms with Crippen molar-refractivity contribution < 1.29 is 8.42 Å². The van der Waals surface area contributed by atoms with Crippen LogP contribution >= 0.6 is 11.7 Å². The molecule has 0 saturated heterocycles. The van der Waals surface area contributed by atoms with Crippen LogP contribution in [0.25, 0.3) is 16.7 Å². The van der Waals surface area contributed by atoms with Crippen LogP contribution in [0, 0.1) is 13.8 Å². The molecule has 2 heterocycles. The van der Waals surface area contributed by atoms with Gasteiger partial charge in [-0.1, -0.05) is 24.3 Å². The van der Waals surface area contributed by atoms with E-state index in [2.05, 4.69) is 13.8 Å². The highest BCUT2D eigenvalue weighted by Crippen LogP contribution is 2.26. The maximum atomic E-state index is 13.2. The average Bonchev–Trinajstić information content (AvgIpc) is 3.28. The minimum Gasteiger partial charge on any atom is -0.238 e. The molecule has 0 aliphatic heterocycles. The average molecular weight is 414 g/mol. The highest BCUT2D eigenvalue weighted by atomic mass is 32.2. The molecule has 7 nitrogen and oxygen atoms in total. The quantitative estimate of drug-likeness (QED) is 0.501. The Bertz CT molecular complexity index is 1250. The molecule has 28 heavy (non-hydrogen) atoms. The van der Waals surface area contributed by atoms with Crippen molar-refractivity contribution in [3.8, 4) is 5.69 Å². The Kier molecular flexibility index (Phi) is 4.74. The summed E-state index contributed by atoms with van der Waals surface area (Å²) in [6, 6.07) is 14.8. The summed E-state index contributed by atoms with van der Waals surface area (Å²) in [5.41, 5.74) is 4.55. The van der Waals surface area contributed by atoms with Crippen molar-refractivity contribution in [2.45, 2.75) is 25.3 Å². The van der Waals surface area contributed by atoms with Gasteiger partial charge in [-0.3, -0.25) is 0 Å². The number of para-hydroxylation sites is 1. The van der Waals surface area contributed by atoms with Crippen molar-refractivity contribution in [1.29, 1.82) is 0 Å². The van der Waals surface area contributed by atoms with E-state index in [9.17, 15) is 8.42 Å². The number of aryl methyl sites for hydroxylation is 1. The van der Waals surface area contributed by atoms with Gasteiger partial charge in [-0.15, -0.1) is 0 Å². The molecule has 0 bridgehead atoms. The molecule has 144 valence electrons. The lowest BCUT2D eigenvalue weighted by molar-refractivity contribution is 0.466. The second-order valence-electron chi connectivity index (χ2n) is 6.55. The van der Waals surface area contributed by atoms with Gasteiger partial charge in [-0.05, 0) is 38.1 Å². The lowest BCUT2D eigenvalue weighted by Gasteiger charge is -2.17. The lowest BCUT2D eigenvalue weighted by Crippen LogP contribution is -2.27. The van der Waals surface area contributed by atoms with Gasteiger partial charge >= 0.3 is 0 Å². The summed E-state index contributed by atoms with van der Waals surface area (Å²) in [7, 11) is -2.15. The fraction of sp³-hybridized carbons (Fsp3) is 0.211. The highest BCUT2D eigenvalue weighted by Gasteiger charge is 2.26. The molecule has 0 N–H and O–H groups in total. The number of nitrogens with zero attached hydrogens (tertiary/aromatic N) is 5. The van der Waals surface area contributed by atoms with Gasteiger partial charge in [0.1, 0.15) is 15.9 Å². The number of benzene rings is 2. The minimum absolute atomic E-state index is 0.173. The van der Waals surface area contributed by atoms with Crippen molar-refractivity contribution in [2.75, 3.05) is 7.05 Å². The lowest BCUT2D eigenvalue weighted by atomic mass is 10.2. The summed E-state index contributed by atoms with van der Waals surface area (Å²) in [6.45, 7) is 4.07. The summed E-state index contributed by atoms with van der Waals surface area (Å²) in [6.07, 6.45) is 0. The van der Waals surface area contributed by atoms with Crippen LogP contribution in [0.2, 0.25) is 0 Å². The number of fused-ring (bicyclic) bond motifs is 1. The number of rotatable bonds is 5. The van der Waals surface area contributed by atoms with E-state index in [1.807, 2.05) is 48.9 Å². The molecule has 0 saturated carbocycles. The molecule has 0 aliphatic carbocycles. The predicted octanol–water partition coefficient (Wildman–Crippen LogP) is 3.31. The maximum absolute atomic E-state index is 13.2. The smallest absolute Gasteiger partial charge is 0.238 e. The molecule has 0 atom stereocenters. The zero-order chi connectivity index (χ0) is 19.9. The van der Waals surface area contributed by atoms with Gasteiger partial charge in [0.25, 0.3) is 0 Å². The fourth-order valence-electron chi connectivity index (χ4n) is 3.19. The van der Waals surface area contributed by atoms with Crippen molar-refractivity contribution in [3.05, 3.63) is 65.5 Å². The maximum Gasteiger partial charge on any atom is 0.245 e. The van der Waals surface area contributed by atoms with Crippen LogP contribution < -0.4 is 0 Å². The highest BCUT2D eigenvalue weighted by molar-refractivity contribution is 7.89. The van der Waals surface area contributed by atoms with Crippen LogP contribution in [-0.4, -0.2) is 38.3 Å². The monoisotopic (exact) mass is 413 g/mol. The van der Waals surface area contributed by atoms with Crippen LogP contribution in [0.15, 0.2) is 53.4 Å². The summed E-state index contributed by atoms with van der Waals surface area (Å²) in [4.78, 5) is 0.173. The number of hydrogen-bond donors (Lipinski definition) is 0. The molecule has 0 aliphatic rings. The first-order valence-corrected chi connectivity index (χ1v) is 10.8. The van der Waals surface area contributed by atoms with E-state index in [0.717, 1.165) is 34.4 Å². The molecule has 0 amide bonds. The Labute approximate surface area is 167 Å². The van der Waals surface area contributed by atoms with E-state index in [1.54, 1.807) is 25.2 Å². The van der Waals surface area contributed by atoms with Gasteiger partial charge in [0.2, 0.25) is 10.0 Å². The van der Waals surface area contributed by atoms with Crippen LogP contribution in [0.5, 0.6) is 0 Å². The van der Waals surface area contributed by atoms with E-state index < -0.39 is 10.0 Å². The number of aromatic nitrogens is 4. The Morgan fingerprint density at radius 1 is 1.04 bits per heavy atom. The minimum atomic E-state index is -3.72. The molecule has 0 spiro atoms. The van der Waals surface area contributed by atoms with Crippen LogP contribution in [0.1, 0.15) is 17.0 Å². The zero-order valence-electron chi connectivity index (χ0n) is 15.7. The number of hydrogen-bond acceptors (Lipinski definition) is 6. The topological polar surface area (TPSA) is 81.0 Å². The Morgan fingerprint density at radius 2 is 1.79 bits per heavy atom. The van der Waals surface area contributed by atoms with Crippen molar-refractivity contribution >= 4 is 32.8 Å². The van der Waals surface area contributed by atoms with Gasteiger partial charge < -0.3 is 0 Å². The molecule has 2 aromatic heterocycles. The van der Waals surface area contributed by atoms with Crippen molar-refractivity contribution in [2.24, 2.45) is 0 Å². The molecule has 4 rings (SSSR count). The molecular weight excluding hydrogens is 394 g/mol. The largest absolute Gasteiger partial charge is 0.245 e. The molecule has 4 aromatic rings. The third kappa shape index (κ3) is 3.11. The van der Waals surface area contributed by atoms with E-state index in [0.29, 0.717) is 11.0 Å². The first kappa shape index (κ1) is 18.7. The third-order valence-electron chi connectivity index (χ3n) is 4.76. The zero-order valence-corrected chi connectivity index (χ0v) is 17.3. The Morgan fingerprint density at radius 3 is 2.54 bits per heavy atom. The normalized spacial score (nSPS) is 12.1.